The van der Waals surface area contributed by atoms with Crippen molar-refractivity contribution in [2.75, 3.05) is 26.8 Å². The van der Waals surface area contributed by atoms with Crippen molar-refractivity contribution in [3.8, 4) is 11.5 Å². The van der Waals surface area contributed by atoms with Crippen molar-refractivity contribution in [2.45, 2.75) is 12.3 Å². The zero-order valence-electron chi connectivity index (χ0n) is 22.3. The number of rotatable bonds is 10. The van der Waals surface area contributed by atoms with Crippen LogP contribution in [0.4, 0.5) is 17.6 Å². The average Bonchev–Trinajstić information content (AvgIpc) is 3.39. The summed E-state index contributed by atoms with van der Waals surface area (Å²) in [5.41, 5.74) is -0.305. The maximum Gasteiger partial charge on any atom is 0.281 e. The Bertz CT molecular complexity index is 1510. The summed E-state index contributed by atoms with van der Waals surface area (Å²) in [5, 5.41) is 9.38. The van der Waals surface area contributed by atoms with Gasteiger partial charge in [-0.3, -0.25) is 14.4 Å². The van der Waals surface area contributed by atoms with Gasteiger partial charge < -0.3 is 20.1 Å². The zero-order chi connectivity index (χ0) is 30.4. The number of halogens is 4. The maximum atomic E-state index is 14.6. The van der Waals surface area contributed by atoms with Crippen LogP contribution in [0.2, 0.25) is 0 Å². The number of hydrazone groups is 1. The highest BCUT2D eigenvalue weighted by atomic mass is 32.2. The molecule has 0 bridgehead atoms. The highest BCUT2D eigenvalue weighted by molar-refractivity contribution is 8.14. The molecule has 0 spiro atoms. The van der Waals surface area contributed by atoms with Gasteiger partial charge in [-0.25, -0.2) is 22.6 Å². The second kappa shape index (κ2) is 13.4. The average molecular weight is 605 g/mol. The first-order valence-corrected chi connectivity index (χ1v) is 13.3. The molecule has 3 amide bonds. The van der Waals surface area contributed by atoms with Crippen LogP contribution in [0.3, 0.4) is 0 Å². The van der Waals surface area contributed by atoms with Crippen LogP contribution in [0.5, 0.6) is 11.5 Å². The molecule has 42 heavy (non-hydrogen) atoms. The molecule has 14 heteroatoms. The van der Waals surface area contributed by atoms with Gasteiger partial charge in [-0.2, -0.15) is 5.10 Å². The number of nitrogens with one attached hydrogen (secondary N) is 2. The van der Waals surface area contributed by atoms with E-state index in [1.807, 2.05) is 0 Å². The molecule has 1 atom stereocenters. The molecule has 2 N–H and O–H groups in total. The molecule has 0 aromatic heterocycles. The van der Waals surface area contributed by atoms with Crippen LogP contribution in [0, 0.1) is 23.3 Å². The third-order valence-electron chi connectivity index (χ3n) is 5.82. The Morgan fingerprint density at radius 3 is 2.26 bits per heavy atom. The van der Waals surface area contributed by atoms with E-state index < -0.39 is 52.6 Å². The molecular weight excluding hydrogens is 580 g/mol. The molecular formula is C28H24F4N4O5S. The van der Waals surface area contributed by atoms with Gasteiger partial charge in [0, 0.05) is 43.3 Å². The van der Waals surface area contributed by atoms with Crippen molar-refractivity contribution in [1.29, 1.82) is 0 Å². The van der Waals surface area contributed by atoms with Crippen molar-refractivity contribution in [1.82, 2.24) is 15.6 Å². The molecule has 3 aromatic rings. The minimum atomic E-state index is -1.42. The molecule has 1 aliphatic heterocycles. The van der Waals surface area contributed by atoms with E-state index >= 15 is 0 Å². The van der Waals surface area contributed by atoms with Crippen molar-refractivity contribution in [3.05, 3.63) is 94.6 Å². The summed E-state index contributed by atoms with van der Waals surface area (Å²) in [6.07, 6.45) is 0. The summed E-state index contributed by atoms with van der Waals surface area (Å²) < 4.78 is 67.5. The third-order valence-corrected chi connectivity index (χ3v) is 7.04. The summed E-state index contributed by atoms with van der Waals surface area (Å²) in [7, 11) is 1.33. The molecule has 0 radical (unpaired) electrons. The van der Waals surface area contributed by atoms with Crippen molar-refractivity contribution in [2.24, 2.45) is 5.10 Å². The van der Waals surface area contributed by atoms with Gasteiger partial charge in [-0.05, 0) is 30.3 Å². The Balaban J connectivity index is 1.65. The molecule has 0 fully saturated rings. The van der Waals surface area contributed by atoms with Gasteiger partial charge in [0.05, 0.1) is 7.11 Å². The minimum absolute atomic E-state index is 0.106. The number of carbonyl (C=O) groups excluding carboxylic acids is 3. The number of amides is 3. The van der Waals surface area contributed by atoms with Gasteiger partial charge in [-0.15, -0.1) is 0 Å². The summed E-state index contributed by atoms with van der Waals surface area (Å²) in [4.78, 5) is 36.6. The van der Waals surface area contributed by atoms with Crippen LogP contribution in [-0.4, -0.2) is 54.6 Å². The van der Waals surface area contributed by atoms with Gasteiger partial charge >= 0.3 is 0 Å². The Hall–Kier alpha value is -4.59. The summed E-state index contributed by atoms with van der Waals surface area (Å²) >= 11 is 1.01. The lowest BCUT2D eigenvalue weighted by atomic mass is 10.1. The molecule has 4 rings (SSSR count). The molecule has 0 aliphatic carbocycles. The summed E-state index contributed by atoms with van der Waals surface area (Å²) in [5.74, 6) is -6.24. The Morgan fingerprint density at radius 1 is 0.952 bits per heavy atom. The number of hydrogen-bond donors (Lipinski definition) is 2. The quantitative estimate of drug-likeness (QED) is 0.266. The van der Waals surface area contributed by atoms with Crippen molar-refractivity contribution < 1.29 is 41.4 Å². The second-order valence-corrected chi connectivity index (χ2v) is 9.85. The number of carbonyl (C=O) groups is 3. The fourth-order valence-electron chi connectivity index (χ4n) is 3.95. The third kappa shape index (κ3) is 7.00. The van der Waals surface area contributed by atoms with E-state index in [1.165, 1.54) is 44.4 Å². The highest BCUT2D eigenvalue weighted by Crippen LogP contribution is 2.47. The predicted octanol–water partition coefficient (Wildman–Crippen LogP) is 4.13. The first-order valence-electron chi connectivity index (χ1n) is 12.4. The number of thioether (sulfide) groups is 1. The van der Waals surface area contributed by atoms with Crippen LogP contribution >= 0.6 is 11.8 Å². The molecule has 0 saturated carbocycles. The monoisotopic (exact) mass is 604 g/mol. The molecule has 1 unspecified atom stereocenters. The van der Waals surface area contributed by atoms with Crippen LogP contribution in [0.25, 0.3) is 0 Å². The second-order valence-electron chi connectivity index (χ2n) is 8.78. The maximum absolute atomic E-state index is 14.6. The van der Waals surface area contributed by atoms with Gasteiger partial charge in [0.25, 0.3) is 11.8 Å². The lowest BCUT2D eigenvalue weighted by molar-refractivity contribution is -0.123. The van der Waals surface area contributed by atoms with Crippen molar-refractivity contribution in [3.63, 3.8) is 0 Å². The first kappa shape index (κ1) is 30.4. The molecule has 220 valence electrons. The topological polar surface area (TPSA) is 109 Å². The van der Waals surface area contributed by atoms with Gasteiger partial charge in [-0.1, -0.05) is 23.9 Å². The molecule has 3 aromatic carbocycles. The Labute approximate surface area is 241 Å². The van der Waals surface area contributed by atoms with E-state index in [9.17, 15) is 31.9 Å². The number of para-hydroxylation sites is 1. The lowest BCUT2D eigenvalue weighted by Gasteiger charge is -2.24. The molecule has 1 aliphatic rings. The van der Waals surface area contributed by atoms with E-state index in [0.717, 1.165) is 16.8 Å². The van der Waals surface area contributed by atoms with E-state index in [-0.39, 0.29) is 35.5 Å². The Morgan fingerprint density at radius 2 is 1.62 bits per heavy atom. The van der Waals surface area contributed by atoms with E-state index in [0.29, 0.717) is 23.3 Å². The molecule has 9 nitrogen and oxygen atoms in total. The van der Waals surface area contributed by atoms with Crippen LogP contribution in [-0.2, 0) is 9.59 Å². The lowest BCUT2D eigenvalue weighted by Crippen LogP contribution is -2.36. The van der Waals surface area contributed by atoms with Crippen molar-refractivity contribution >= 4 is 34.5 Å². The smallest absolute Gasteiger partial charge is 0.281 e. The minimum Gasteiger partial charge on any atom is -0.492 e. The summed E-state index contributed by atoms with van der Waals surface area (Å²) in [6.45, 7) is 1.34. The number of hydrogen-bond acceptors (Lipinski definition) is 7. The number of nitrogens with zero attached hydrogens (tertiary/aromatic N) is 2. The van der Waals surface area contributed by atoms with Gasteiger partial charge in [0.2, 0.25) is 5.91 Å². The standard InChI is InChI=1S/C28H24F4N4O5S/c1-15(37)33-10-11-34-23(38)14-41-22-5-3-4-19(25(22)40-2)28-36(27(39)24-20(31)12-18(30)13-21(24)32)35-26(42-28)16-6-8-17(29)9-7-16/h3-9,12-13,28H,10-11,14H2,1-2H3,(H,33,37)(H,34,38). The number of methoxy groups -OCH3 is 1. The van der Waals surface area contributed by atoms with Crippen LogP contribution in [0.1, 0.15) is 33.8 Å². The van der Waals surface area contributed by atoms with Crippen LogP contribution in [0.15, 0.2) is 59.7 Å². The predicted molar refractivity (Wildman–Crippen MR) is 146 cm³/mol. The summed E-state index contributed by atoms with van der Waals surface area (Å²) in [6, 6.07) is 10.6. The van der Waals surface area contributed by atoms with E-state index in [4.69, 9.17) is 9.47 Å². The largest absolute Gasteiger partial charge is 0.492 e. The van der Waals surface area contributed by atoms with Crippen LogP contribution < -0.4 is 20.1 Å². The highest BCUT2D eigenvalue weighted by Gasteiger charge is 2.39. The van der Waals surface area contributed by atoms with E-state index in [2.05, 4.69) is 15.7 Å². The SMILES string of the molecule is COc1c(OCC(=O)NCCNC(C)=O)cccc1C1SC(c2ccc(F)cc2)=NN1C(=O)c1c(F)cc(F)cc1F. The number of benzene rings is 3. The normalized spacial score (nSPS) is 14.3. The van der Waals surface area contributed by atoms with Gasteiger partial charge in [0.15, 0.2) is 18.1 Å². The molecule has 1 heterocycles. The molecule has 0 saturated heterocycles. The zero-order valence-corrected chi connectivity index (χ0v) is 23.1. The number of ether oxygens (including phenoxy) is 2. The van der Waals surface area contributed by atoms with E-state index in [1.54, 1.807) is 12.1 Å². The fraction of sp³-hybridized carbons (Fsp3) is 0.214. The first-order chi connectivity index (χ1) is 20.1. The Kier molecular flexibility index (Phi) is 9.68. The van der Waals surface area contributed by atoms with Gasteiger partial charge in [0.1, 0.15) is 39.2 Å². The fourth-order valence-corrected chi connectivity index (χ4v) is 5.12.